The van der Waals surface area contributed by atoms with Gasteiger partial charge in [-0.3, -0.25) is 24.4 Å². The van der Waals surface area contributed by atoms with Gasteiger partial charge in [0, 0.05) is 26.2 Å². The molecule has 2 heterocycles. The Kier molecular flexibility index (Phi) is 15.4. The number of nitrogens with zero attached hydrogens (tertiary/aromatic N) is 3. The highest BCUT2D eigenvalue weighted by molar-refractivity contribution is 7.12. The van der Waals surface area contributed by atoms with Crippen molar-refractivity contribution < 1.29 is 24.4 Å². The highest BCUT2D eigenvalue weighted by atomic mass is 32.1. The first-order valence-electron chi connectivity index (χ1n) is 14.7. The largest absolute Gasteiger partial charge is 0.344 e. The quantitative estimate of drug-likeness (QED) is 0.193. The van der Waals surface area contributed by atoms with Gasteiger partial charge in [-0.05, 0) is 42.0 Å². The summed E-state index contributed by atoms with van der Waals surface area (Å²) in [5.41, 5.74) is -0.557. The maximum absolute atomic E-state index is 13.7. The molecule has 0 spiro atoms. The van der Waals surface area contributed by atoms with Gasteiger partial charge in [0.2, 0.25) is 18.2 Å². The average Bonchev–Trinajstić information content (AvgIpc) is 3.48. The van der Waals surface area contributed by atoms with E-state index in [2.05, 4.69) is 19.2 Å². The molecule has 0 saturated carbocycles. The maximum Gasteiger partial charge on any atom is 0.263 e. The van der Waals surface area contributed by atoms with Crippen molar-refractivity contribution in [3.8, 4) is 0 Å². The van der Waals surface area contributed by atoms with Crippen LogP contribution in [0.3, 0.4) is 0 Å². The molecule has 1 aromatic rings. The Labute approximate surface area is 245 Å². The van der Waals surface area contributed by atoms with Gasteiger partial charge in [0.25, 0.3) is 5.91 Å². The molecule has 3 atom stereocenters. The summed E-state index contributed by atoms with van der Waals surface area (Å²) in [5, 5.41) is 15.2. The minimum Gasteiger partial charge on any atom is -0.344 e. The van der Waals surface area contributed by atoms with Crippen LogP contribution in [0.25, 0.3) is 0 Å². The van der Waals surface area contributed by atoms with Crippen LogP contribution in [0.4, 0.5) is 0 Å². The van der Waals surface area contributed by atoms with Crippen LogP contribution in [0.1, 0.15) is 96.7 Å². The molecule has 2 N–H and O–H groups in total. The molecule has 228 valence electrons. The number of unbranched alkanes of at least 4 members (excludes halogenated alkanes) is 1. The fraction of sp³-hybridized carbons (Fsp3) is 0.733. The van der Waals surface area contributed by atoms with Crippen LogP contribution in [0.15, 0.2) is 17.5 Å². The monoisotopic (exact) mass is 580 g/mol. The van der Waals surface area contributed by atoms with E-state index in [0.717, 1.165) is 24.1 Å². The van der Waals surface area contributed by atoms with Crippen molar-refractivity contribution in [2.45, 2.75) is 99.1 Å². The summed E-state index contributed by atoms with van der Waals surface area (Å²) in [7, 11) is 1.76. The number of carbonyl (C=O) groups is 4. The van der Waals surface area contributed by atoms with Gasteiger partial charge in [-0.25, -0.2) is 5.06 Å². The molecule has 1 aromatic heterocycles. The summed E-state index contributed by atoms with van der Waals surface area (Å²) in [6, 6.07) is 2.88. The first-order valence-corrected chi connectivity index (χ1v) is 15.6. The summed E-state index contributed by atoms with van der Waals surface area (Å²) in [6.07, 6.45) is 5.18. The van der Waals surface area contributed by atoms with E-state index in [0.29, 0.717) is 43.8 Å². The SMILES string of the molecule is CC.CCCCC(C)CC(CN(O)C=O)C(=O)N[C@H](C(=O)N(C)C1CCN(C(=O)c2cccs2)CC1)C(C)(C)C. The van der Waals surface area contributed by atoms with Gasteiger partial charge in [0.1, 0.15) is 6.04 Å². The lowest BCUT2D eigenvalue weighted by atomic mass is 9.84. The van der Waals surface area contributed by atoms with E-state index in [4.69, 9.17) is 0 Å². The second kappa shape index (κ2) is 17.4. The normalized spacial score (nSPS) is 16.2. The van der Waals surface area contributed by atoms with Gasteiger partial charge in [-0.1, -0.05) is 73.8 Å². The van der Waals surface area contributed by atoms with E-state index in [9.17, 15) is 24.4 Å². The van der Waals surface area contributed by atoms with Crippen molar-refractivity contribution in [2.75, 3.05) is 26.7 Å². The third-order valence-electron chi connectivity index (χ3n) is 7.42. The molecule has 2 rings (SSSR count). The molecule has 1 aliphatic heterocycles. The number of nitrogens with one attached hydrogen (secondary N) is 1. The van der Waals surface area contributed by atoms with Gasteiger partial charge in [0.05, 0.1) is 17.3 Å². The Bertz CT molecular complexity index is 910. The van der Waals surface area contributed by atoms with Crippen LogP contribution in [0.2, 0.25) is 0 Å². The van der Waals surface area contributed by atoms with Crippen molar-refractivity contribution in [1.82, 2.24) is 20.2 Å². The number of thiophene rings is 1. The number of likely N-dealkylation sites (N-methyl/N-ethyl adjacent to an activating group) is 1. The molecule has 0 aromatic carbocycles. The van der Waals surface area contributed by atoms with Gasteiger partial charge in [0.15, 0.2) is 0 Å². The van der Waals surface area contributed by atoms with Crippen LogP contribution in [0, 0.1) is 17.3 Å². The zero-order valence-corrected chi connectivity index (χ0v) is 26.6. The molecule has 10 heteroatoms. The minimum atomic E-state index is -0.775. The minimum absolute atomic E-state index is 0.0275. The van der Waals surface area contributed by atoms with E-state index in [-0.39, 0.29) is 36.2 Å². The van der Waals surface area contributed by atoms with Gasteiger partial charge >= 0.3 is 0 Å². The molecule has 1 fully saturated rings. The van der Waals surface area contributed by atoms with Crippen LogP contribution >= 0.6 is 11.3 Å². The lowest BCUT2D eigenvalue weighted by Crippen LogP contribution is -2.58. The summed E-state index contributed by atoms with van der Waals surface area (Å²) >= 11 is 1.43. The number of likely N-dealkylation sites (tertiary alicyclic amines) is 1. The average molecular weight is 581 g/mol. The van der Waals surface area contributed by atoms with E-state index in [1.807, 2.05) is 57.0 Å². The standard InChI is InChI=1S/C28H46N4O5S.C2H6/c1-7-8-10-20(2)17-21(18-32(37)19-33)25(34)29-24(28(3,4)5)27(36)30(6)22-12-14-31(15-13-22)26(35)23-11-9-16-38-23;1-2/h9,11,16,19-22,24,37H,7-8,10,12-15,17-18H2,1-6H3,(H,29,34);1-2H3/t20?,21?,24-;/m1./s1. The fourth-order valence-electron chi connectivity index (χ4n) is 4.99. The maximum atomic E-state index is 13.7. The van der Waals surface area contributed by atoms with Crippen LogP contribution < -0.4 is 5.32 Å². The van der Waals surface area contributed by atoms with E-state index < -0.39 is 17.4 Å². The summed E-state index contributed by atoms with van der Waals surface area (Å²) in [6.45, 7) is 14.9. The lowest BCUT2D eigenvalue weighted by Gasteiger charge is -2.40. The number of hydrogen-bond donors (Lipinski definition) is 2. The third-order valence-corrected chi connectivity index (χ3v) is 8.27. The molecule has 0 bridgehead atoms. The first-order chi connectivity index (χ1) is 18.9. The Hall–Kier alpha value is -2.46. The molecule has 4 amide bonds. The van der Waals surface area contributed by atoms with Crippen LogP contribution in [-0.2, 0) is 14.4 Å². The van der Waals surface area contributed by atoms with Crippen molar-refractivity contribution >= 4 is 35.5 Å². The van der Waals surface area contributed by atoms with E-state index in [1.165, 1.54) is 11.3 Å². The molecular formula is C30H52N4O5S. The third kappa shape index (κ3) is 10.8. The van der Waals surface area contributed by atoms with Crippen molar-refractivity contribution in [2.24, 2.45) is 17.3 Å². The van der Waals surface area contributed by atoms with E-state index >= 15 is 0 Å². The second-order valence-electron chi connectivity index (χ2n) is 11.7. The fourth-order valence-corrected chi connectivity index (χ4v) is 5.68. The Morgan fingerprint density at radius 3 is 2.35 bits per heavy atom. The van der Waals surface area contributed by atoms with Crippen molar-refractivity contribution in [1.29, 1.82) is 0 Å². The predicted octanol–water partition coefficient (Wildman–Crippen LogP) is 5.05. The number of piperidine rings is 1. The van der Waals surface area contributed by atoms with E-state index in [1.54, 1.807) is 11.9 Å². The number of hydroxylamine groups is 2. The molecule has 40 heavy (non-hydrogen) atoms. The predicted molar refractivity (Wildman–Crippen MR) is 160 cm³/mol. The van der Waals surface area contributed by atoms with Crippen molar-refractivity contribution in [3.63, 3.8) is 0 Å². The highest BCUT2D eigenvalue weighted by Gasteiger charge is 2.39. The lowest BCUT2D eigenvalue weighted by molar-refractivity contribution is -0.156. The topological polar surface area (TPSA) is 110 Å². The number of carbonyl (C=O) groups excluding carboxylic acids is 4. The summed E-state index contributed by atoms with van der Waals surface area (Å²) < 4.78 is 0. The van der Waals surface area contributed by atoms with Crippen molar-refractivity contribution in [3.05, 3.63) is 22.4 Å². The molecule has 2 unspecified atom stereocenters. The molecule has 0 aliphatic carbocycles. The van der Waals surface area contributed by atoms with Gasteiger partial charge in [-0.2, -0.15) is 0 Å². The molecule has 0 radical (unpaired) electrons. The number of rotatable bonds is 13. The molecule has 1 saturated heterocycles. The molecule has 1 aliphatic rings. The Morgan fingerprint density at radius 1 is 1.23 bits per heavy atom. The zero-order valence-electron chi connectivity index (χ0n) is 25.8. The Morgan fingerprint density at radius 2 is 1.85 bits per heavy atom. The summed E-state index contributed by atoms with van der Waals surface area (Å²) in [5.74, 6) is -0.888. The number of hydrogen-bond acceptors (Lipinski definition) is 6. The first kappa shape index (κ1) is 35.6. The summed E-state index contributed by atoms with van der Waals surface area (Å²) in [4.78, 5) is 55.2. The molecular weight excluding hydrogens is 528 g/mol. The smallest absolute Gasteiger partial charge is 0.263 e. The molecule has 9 nitrogen and oxygen atoms in total. The van der Waals surface area contributed by atoms with Gasteiger partial charge in [-0.15, -0.1) is 11.3 Å². The number of amides is 4. The Balaban J connectivity index is 0.00000391. The van der Waals surface area contributed by atoms with Gasteiger partial charge < -0.3 is 15.1 Å². The van der Waals surface area contributed by atoms with Crippen LogP contribution in [0.5, 0.6) is 0 Å². The highest BCUT2D eigenvalue weighted by Crippen LogP contribution is 2.26. The van der Waals surface area contributed by atoms with Crippen LogP contribution in [-0.4, -0.2) is 83.0 Å². The zero-order chi connectivity index (χ0) is 30.5. The second-order valence-corrected chi connectivity index (χ2v) is 12.6.